The first-order valence-corrected chi connectivity index (χ1v) is 6.45. The van der Waals surface area contributed by atoms with E-state index in [2.05, 4.69) is 9.97 Å². The third-order valence-electron chi connectivity index (χ3n) is 2.25. The van der Waals surface area contributed by atoms with Crippen LogP contribution < -0.4 is 5.56 Å². The number of aromatic nitrogens is 3. The molecule has 0 fully saturated rings. The highest BCUT2D eigenvalue weighted by atomic mass is 32.2. The lowest BCUT2D eigenvalue weighted by molar-refractivity contribution is -0.133. The maximum absolute atomic E-state index is 11.2. The van der Waals surface area contributed by atoms with Gasteiger partial charge in [0.1, 0.15) is 0 Å². The molecule has 0 saturated heterocycles. The van der Waals surface area contributed by atoms with Crippen LogP contribution in [0, 0.1) is 0 Å². The molecule has 7 heteroatoms. The van der Waals surface area contributed by atoms with E-state index in [9.17, 15) is 9.59 Å². The van der Waals surface area contributed by atoms with Gasteiger partial charge in [-0.3, -0.25) is 14.6 Å². The van der Waals surface area contributed by atoms with Crippen molar-refractivity contribution in [2.45, 2.75) is 11.7 Å². The van der Waals surface area contributed by atoms with Crippen LogP contribution in [0.15, 0.2) is 46.7 Å². The Morgan fingerprint density at radius 2 is 2.26 bits per heavy atom. The summed E-state index contributed by atoms with van der Waals surface area (Å²) in [5.41, 5.74) is 0.570. The Balaban J connectivity index is 2.24. The molecule has 0 radical (unpaired) electrons. The van der Waals surface area contributed by atoms with E-state index >= 15 is 0 Å². The number of pyridine rings is 1. The first-order chi connectivity index (χ1) is 9.15. The third kappa shape index (κ3) is 3.92. The van der Waals surface area contributed by atoms with Crippen molar-refractivity contribution in [1.29, 1.82) is 0 Å². The molecule has 0 bridgehead atoms. The van der Waals surface area contributed by atoms with Crippen LogP contribution in [0.2, 0.25) is 0 Å². The standard InChI is InChI=1S/C12H11N3O3S/c16-10-3-5-15(7-9-2-1-4-13-6-9)12(14-10)19-8-11(17)18/h1-6H,7-8H2,(H,17,18). The molecule has 6 nitrogen and oxygen atoms in total. The van der Waals surface area contributed by atoms with Gasteiger partial charge < -0.3 is 9.67 Å². The average Bonchev–Trinajstić information content (AvgIpc) is 2.40. The van der Waals surface area contributed by atoms with Crippen LogP contribution in [0.4, 0.5) is 0 Å². The van der Waals surface area contributed by atoms with Crippen LogP contribution in [0.5, 0.6) is 0 Å². The number of rotatable bonds is 5. The number of carboxylic acids is 1. The van der Waals surface area contributed by atoms with Gasteiger partial charge in [0.15, 0.2) is 5.16 Å². The van der Waals surface area contributed by atoms with Crippen molar-refractivity contribution in [3.63, 3.8) is 0 Å². The predicted octanol–water partition coefficient (Wildman–Crippen LogP) is 0.863. The highest BCUT2D eigenvalue weighted by Gasteiger charge is 2.07. The Morgan fingerprint density at radius 3 is 2.95 bits per heavy atom. The monoisotopic (exact) mass is 277 g/mol. The van der Waals surface area contributed by atoms with Gasteiger partial charge in [0.2, 0.25) is 0 Å². The summed E-state index contributed by atoms with van der Waals surface area (Å²) in [4.78, 5) is 29.7. The Kier molecular flexibility index (Phi) is 4.30. The summed E-state index contributed by atoms with van der Waals surface area (Å²) < 4.78 is 1.73. The molecule has 0 spiro atoms. The molecule has 19 heavy (non-hydrogen) atoms. The normalized spacial score (nSPS) is 10.3. The Morgan fingerprint density at radius 1 is 1.42 bits per heavy atom. The summed E-state index contributed by atoms with van der Waals surface area (Å²) in [7, 11) is 0. The van der Waals surface area contributed by atoms with Crippen LogP contribution in [0.25, 0.3) is 0 Å². The average molecular weight is 277 g/mol. The second kappa shape index (κ2) is 6.14. The summed E-state index contributed by atoms with van der Waals surface area (Å²) >= 11 is 1.02. The molecule has 2 rings (SSSR count). The van der Waals surface area contributed by atoms with Gasteiger partial charge in [-0.25, -0.2) is 0 Å². The van der Waals surface area contributed by atoms with Crippen LogP contribution >= 0.6 is 11.8 Å². The Hall–Kier alpha value is -2.15. The van der Waals surface area contributed by atoms with Crippen molar-refractivity contribution < 1.29 is 9.90 Å². The van der Waals surface area contributed by atoms with E-state index < -0.39 is 5.97 Å². The minimum absolute atomic E-state index is 0.135. The molecule has 2 heterocycles. The minimum atomic E-state index is -0.948. The van der Waals surface area contributed by atoms with Crippen molar-refractivity contribution in [3.8, 4) is 0 Å². The number of hydrogen-bond donors (Lipinski definition) is 1. The van der Waals surface area contributed by atoms with E-state index in [1.807, 2.05) is 12.1 Å². The molecule has 0 aromatic carbocycles. The fourth-order valence-electron chi connectivity index (χ4n) is 1.46. The lowest BCUT2D eigenvalue weighted by Gasteiger charge is -2.10. The lowest BCUT2D eigenvalue weighted by Crippen LogP contribution is -2.15. The van der Waals surface area contributed by atoms with E-state index in [0.29, 0.717) is 11.7 Å². The highest BCUT2D eigenvalue weighted by molar-refractivity contribution is 7.99. The topological polar surface area (TPSA) is 85.1 Å². The SMILES string of the molecule is O=C(O)CSc1nc(=O)ccn1Cc1cccnc1. The molecular formula is C12H11N3O3S. The van der Waals surface area contributed by atoms with Gasteiger partial charge in [-0.2, -0.15) is 4.98 Å². The fraction of sp³-hybridized carbons (Fsp3) is 0.167. The van der Waals surface area contributed by atoms with E-state index in [1.54, 1.807) is 23.2 Å². The quantitative estimate of drug-likeness (QED) is 0.644. The largest absolute Gasteiger partial charge is 0.481 e. The Labute approximate surface area is 113 Å². The molecule has 2 aromatic rings. The zero-order chi connectivity index (χ0) is 13.7. The number of aliphatic carboxylic acids is 1. The molecule has 0 aliphatic rings. The number of thioether (sulfide) groups is 1. The second-order valence-electron chi connectivity index (χ2n) is 3.72. The number of nitrogens with zero attached hydrogens (tertiary/aromatic N) is 3. The van der Waals surface area contributed by atoms with Gasteiger partial charge in [-0.05, 0) is 11.6 Å². The summed E-state index contributed by atoms with van der Waals surface area (Å²) in [6.07, 6.45) is 4.99. The maximum Gasteiger partial charge on any atom is 0.313 e. The second-order valence-corrected chi connectivity index (χ2v) is 4.66. The van der Waals surface area contributed by atoms with Crippen LogP contribution in [-0.4, -0.2) is 31.4 Å². The zero-order valence-corrected chi connectivity index (χ0v) is 10.7. The molecule has 0 saturated carbocycles. The van der Waals surface area contributed by atoms with E-state index in [-0.39, 0.29) is 11.3 Å². The van der Waals surface area contributed by atoms with Crippen molar-refractivity contribution in [1.82, 2.24) is 14.5 Å². The lowest BCUT2D eigenvalue weighted by atomic mass is 10.3. The van der Waals surface area contributed by atoms with Crippen LogP contribution in [0.3, 0.4) is 0 Å². The smallest absolute Gasteiger partial charge is 0.313 e. The summed E-state index contributed by atoms with van der Waals surface area (Å²) in [6.45, 7) is 0.489. The first-order valence-electron chi connectivity index (χ1n) is 5.46. The fourth-order valence-corrected chi connectivity index (χ4v) is 2.16. The van der Waals surface area contributed by atoms with E-state index in [0.717, 1.165) is 17.3 Å². The summed E-state index contributed by atoms with van der Waals surface area (Å²) in [5.74, 6) is -1.08. The molecule has 0 atom stereocenters. The van der Waals surface area contributed by atoms with E-state index in [1.165, 1.54) is 6.07 Å². The molecule has 2 aromatic heterocycles. The van der Waals surface area contributed by atoms with Crippen molar-refractivity contribution in [2.75, 3.05) is 5.75 Å². The predicted molar refractivity (Wildman–Crippen MR) is 70.2 cm³/mol. The third-order valence-corrected chi connectivity index (χ3v) is 3.22. The van der Waals surface area contributed by atoms with Crippen molar-refractivity contribution in [3.05, 3.63) is 52.7 Å². The van der Waals surface area contributed by atoms with Gasteiger partial charge >= 0.3 is 5.97 Å². The van der Waals surface area contributed by atoms with Gasteiger partial charge in [0.25, 0.3) is 5.56 Å². The van der Waals surface area contributed by atoms with Crippen LogP contribution in [0.1, 0.15) is 5.56 Å². The van der Waals surface area contributed by atoms with Crippen LogP contribution in [-0.2, 0) is 11.3 Å². The molecular weight excluding hydrogens is 266 g/mol. The molecule has 0 unspecified atom stereocenters. The molecule has 0 aliphatic heterocycles. The van der Waals surface area contributed by atoms with Gasteiger partial charge in [0, 0.05) is 24.7 Å². The molecule has 0 amide bonds. The number of carbonyl (C=O) groups is 1. The van der Waals surface area contributed by atoms with Crippen molar-refractivity contribution in [2.24, 2.45) is 0 Å². The maximum atomic E-state index is 11.2. The summed E-state index contributed by atoms with van der Waals surface area (Å²) in [5, 5.41) is 9.07. The molecule has 98 valence electrons. The van der Waals surface area contributed by atoms with Crippen molar-refractivity contribution >= 4 is 17.7 Å². The summed E-state index contributed by atoms with van der Waals surface area (Å²) in [6, 6.07) is 5.06. The zero-order valence-electron chi connectivity index (χ0n) is 9.89. The highest BCUT2D eigenvalue weighted by Crippen LogP contribution is 2.14. The van der Waals surface area contributed by atoms with Gasteiger partial charge in [-0.1, -0.05) is 17.8 Å². The van der Waals surface area contributed by atoms with Gasteiger partial charge in [-0.15, -0.1) is 0 Å². The van der Waals surface area contributed by atoms with Gasteiger partial charge in [0.05, 0.1) is 12.3 Å². The molecule has 0 aliphatic carbocycles. The molecule has 1 N–H and O–H groups in total. The number of carboxylic acid groups (broad SMARTS) is 1. The first kappa shape index (κ1) is 13.3. The van der Waals surface area contributed by atoms with E-state index in [4.69, 9.17) is 5.11 Å². The Bertz CT molecular complexity index is 628. The number of hydrogen-bond acceptors (Lipinski definition) is 5. The minimum Gasteiger partial charge on any atom is -0.481 e.